The maximum atomic E-state index is 4.23. The van der Waals surface area contributed by atoms with E-state index in [0.29, 0.717) is 0 Å². The molecule has 0 aromatic carbocycles. The third-order valence-electron chi connectivity index (χ3n) is 3.38. The summed E-state index contributed by atoms with van der Waals surface area (Å²) in [6, 6.07) is 0.968. The summed E-state index contributed by atoms with van der Waals surface area (Å²) in [4.78, 5) is 2.71. The number of unbranched alkanes of at least 4 members (excludes halogenated alkanes) is 1. The summed E-state index contributed by atoms with van der Waals surface area (Å²) in [5.74, 6) is 2.12. The quantitative estimate of drug-likeness (QED) is 0.519. The van der Waals surface area contributed by atoms with E-state index in [4.69, 9.17) is 0 Å². The number of thiol groups is 1. The topological polar surface area (TPSA) is 3.24 Å². The molecule has 1 saturated carbocycles. The van der Waals surface area contributed by atoms with Crippen molar-refractivity contribution in [2.45, 2.75) is 38.1 Å². The highest BCUT2D eigenvalue weighted by Crippen LogP contribution is 2.37. The van der Waals surface area contributed by atoms with Crippen molar-refractivity contribution in [1.82, 2.24) is 4.90 Å². The maximum absolute atomic E-state index is 4.23. The van der Waals surface area contributed by atoms with Gasteiger partial charge in [-0.2, -0.15) is 12.6 Å². The Labute approximate surface area is 80.9 Å². The van der Waals surface area contributed by atoms with Crippen molar-refractivity contribution in [3.05, 3.63) is 0 Å². The highest BCUT2D eigenvalue weighted by atomic mass is 32.1. The van der Waals surface area contributed by atoms with Gasteiger partial charge >= 0.3 is 0 Å². The van der Waals surface area contributed by atoms with E-state index in [-0.39, 0.29) is 0 Å². The van der Waals surface area contributed by atoms with Gasteiger partial charge in [0.2, 0.25) is 0 Å². The molecular formula is C10H19NS. The van der Waals surface area contributed by atoms with Crippen molar-refractivity contribution in [2.24, 2.45) is 5.92 Å². The summed E-state index contributed by atoms with van der Waals surface area (Å²) in [5, 5.41) is 0. The molecule has 2 unspecified atom stereocenters. The lowest BCUT2D eigenvalue weighted by atomic mass is 10.1. The third kappa shape index (κ3) is 1.80. The Hall–Kier alpha value is 0.310. The average molecular weight is 185 g/mol. The fourth-order valence-corrected chi connectivity index (χ4v) is 2.95. The van der Waals surface area contributed by atoms with E-state index in [1.807, 2.05) is 0 Å². The fraction of sp³-hybridized carbons (Fsp3) is 1.00. The molecule has 12 heavy (non-hydrogen) atoms. The van der Waals surface area contributed by atoms with Crippen LogP contribution in [0, 0.1) is 5.92 Å². The zero-order valence-electron chi connectivity index (χ0n) is 7.71. The van der Waals surface area contributed by atoms with Crippen LogP contribution >= 0.6 is 12.6 Å². The first kappa shape index (κ1) is 8.89. The number of hydrogen-bond acceptors (Lipinski definition) is 2. The van der Waals surface area contributed by atoms with Crippen LogP contribution in [0.2, 0.25) is 0 Å². The van der Waals surface area contributed by atoms with Crippen molar-refractivity contribution in [2.75, 3.05) is 18.8 Å². The SMILES string of the molecule is SCCCCN1CC2CCC1C2. The Bertz CT molecular complexity index is 149. The number of fused-ring (bicyclic) bond motifs is 2. The van der Waals surface area contributed by atoms with Crippen LogP contribution in [0.25, 0.3) is 0 Å². The minimum Gasteiger partial charge on any atom is -0.300 e. The van der Waals surface area contributed by atoms with Crippen LogP contribution < -0.4 is 0 Å². The van der Waals surface area contributed by atoms with E-state index in [2.05, 4.69) is 17.5 Å². The molecule has 2 fully saturated rings. The van der Waals surface area contributed by atoms with Crippen molar-refractivity contribution in [3.63, 3.8) is 0 Å². The van der Waals surface area contributed by atoms with Gasteiger partial charge in [0.15, 0.2) is 0 Å². The fourth-order valence-electron chi connectivity index (χ4n) is 2.73. The molecule has 2 bridgehead atoms. The summed E-state index contributed by atoms with van der Waals surface area (Å²) in [7, 11) is 0. The van der Waals surface area contributed by atoms with Crippen LogP contribution in [0.5, 0.6) is 0 Å². The standard InChI is InChI=1S/C10H19NS/c12-6-2-1-5-11-8-9-3-4-10(11)7-9/h9-10,12H,1-8H2. The van der Waals surface area contributed by atoms with E-state index in [0.717, 1.165) is 17.7 Å². The van der Waals surface area contributed by atoms with E-state index in [1.165, 1.54) is 45.2 Å². The molecule has 70 valence electrons. The molecule has 2 heteroatoms. The number of rotatable bonds is 4. The van der Waals surface area contributed by atoms with Crippen molar-refractivity contribution >= 4 is 12.6 Å². The summed E-state index contributed by atoms with van der Waals surface area (Å²) >= 11 is 4.23. The summed E-state index contributed by atoms with van der Waals surface area (Å²) in [6.45, 7) is 2.74. The van der Waals surface area contributed by atoms with Gasteiger partial charge in [0.05, 0.1) is 0 Å². The lowest BCUT2D eigenvalue weighted by Crippen LogP contribution is -2.32. The molecule has 1 saturated heterocycles. The van der Waals surface area contributed by atoms with Gasteiger partial charge in [0, 0.05) is 12.6 Å². The average Bonchev–Trinajstić information content (AvgIpc) is 2.65. The molecule has 1 heterocycles. The predicted molar refractivity (Wildman–Crippen MR) is 55.8 cm³/mol. The van der Waals surface area contributed by atoms with Crippen molar-refractivity contribution < 1.29 is 0 Å². The van der Waals surface area contributed by atoms with Gasteiger partial charge in [-0.25, -0.2) is 0 Å². The number of piperidine rings is 1. The first-order valence-electron chi connectivity index (χ1n) is 5.25. The van der Waals surface area contributed by atoms with Gasteiger partial charge in [-0.15, -0.1) is 0 Å². The van der Waals surface area contributed by atoms with Gasteiger partial charge in [0.1, 0.15) is 0 Å². The molecule has 1 aliphatic heterocycles. The second-order valence-corrected chi connectivity index (χ2v) is 4.71. The van der Waals surface area contributed by atoms with Gasteiger partial charge < -0.3 is 4.90 Å². The second-order valence-electron chi connectivity index (χ2n) is 4.26. The van der Waals surface area contributed by atoms with Gasteiger partial charge in [0.25, 0.3) is 0 Å². The Morgan fingerprint density at radius 2 is 2.17 bits per heavy atom. The molecule has 0 N–H and O–H groups in total. The Balaban J connectivity index is 1.69. The normalized spacial score (nSPS) is 34.8. The molecule has 0 spiro atoms. The maximum Gasteiger partial charge on any atom is 0.00985 e. The second kappa shape index (κ2) is 4.01. The van der Waals surface area contributed by atoms with Crippen LogP contribution in [-0.4, -0.2) is 29.8 Å². The van der Waals surface area contributed by atoms with Gasteiger partial charge in [-0.3, -0.25) is 0 Å². The summed E-state index contributed by atoms with van der Waals surface area (Å²) < 4.78 is 0. The van der Waals surface area contributed by atoms with Gasteiger partial charge in [-0.1, -0.05) is 0 Å². The van der Waals surface area contributed by atoms with E-state index >= 15 is 0 Å². The first-order valence-corrected chi connectivity index (χ1v) is 5.88. The Morgan fingerprint density at radius 3 is 2.75 bits per heavy atom. The Kier molecular flexibility index (Phi) is 2.97. The summed E-state index contributed by atoms with van der Waals surface area (Å²) in [5.41, 5.74) is 0. The molecule has 2 rings (SSSR count). The van der Waals surface area contributed by atoms with Crippen LogP contribution in [0.3, 0.4) is 0 Å². The predicted octanol–water partition coefficient (Wildman–Crippen LogP) is 2.18. The Morgan fingerprint density at radius 1 is 1.25 bits per heavy atom. The summed E-state index contributed by atoms with van der Waals surface area (Å²) in [6.07, 6.45) is 7.13. The van der Waals surface area contributed by atoms with Crippen molar-refractivity contribution in [3.8, 4) is 0 Å². The number of hydrogen-bond donors (Lipinski definition) is 1. The lowest BCUT2D eigenvalue weighted by Gasteiger charge is -2.26. The third-order valence-corrected chi connectivity index (χ3v) is 3.69. The molecule has 2 atom stereocenters. The minimum absolute atomic E-state index is 0.968. The van der Waals surface area contributed by atoms with E-state index in [1.54, 1.807) is 0 Å². The molecule has 0 aromatic rings. The lowest BCUT2D eigenvalue weighted by molar-refractivity contribution is 0.211. The highest BCUT2D eigenvalue weighted by Gasteiger charge is 2.36. The molecule has 0 amide bonds. The number of likely N-dealkylation sites (tertiary alicyclic amines) is 1. The molecule has 1 aliphatic carbocycles. The van der Waals surface area contributed by atoms with Crippen LogP contribution in [0.15, 0.2) is 0 Å². The first-order chi connectivity index (χ1) is 5.90. The zero-order chi connectivity index (χ0) is 8.39. The van der Waals surface area contributed by atoms with E-state index < -0.39 is 0 Å². The number of nitrogens with zero attached hydrogens (tertiary/aromatic N) is 1. The van der Waals surface area contributed by atoms with Crippen LogP contribution in [0.1, 0.15) is 32.1 Å². The van der Waals surface area contributed by atoms with Crippen molar-refractivity contribution in [1.29, 1.82) is 0 Å². The molecule has 1 nitrogen and oxygen atoms in total. The zero-order valence-corrected chi connectivity index (χ0v) is 8.60. The minimum atomic E-state index is 0.968. The highest BCUT2D eigenvalue weighted by molar-refractivity contribution is 7.80. The molecule has 0 aromatic heterocycles. The van der Waals surface area contributed by atoms with Crippen LogP contribution in [0.4, 0.5) is 0 Å². The van der Waals surface area contributed by atoms with Gasteiger partial charge in [-0.05, 0) is 50.3 Å². The molecule has 2 aliphatic rings. The van der Waals surface area contributed by atoms with Crippen LogP contribution in [-0.2, 0) is 0 Å². The largest absolute Gasteiger partial charge is 0.300 e. The monoisotopic (exact) mass is 185 g/mol. The molecular weight excluding hydrogens is 166 g/mol. The van der Waals surface area contributed by atoms with E-state index in [9.17, 15) is 0 Å². The molecule has 0 radical (unpaired) electrons. The smallest absolute Gasteiger partial charge is 0.00985 e.